The first kappa shape index (κ1) is 12.9. The zero-order chi connectivity index (χ0) is 13.2. The fourth-order valence-corrected chi connectivity index (χ4v) is 4.11. The van der Waals surface area contributed by atoms with Crippen molar-refractivity contribution in [3.63, 3.8) is 0 Å². The average molecular weight is 271 g/mol. The summed E-state index contributed by atoms with van der Waals surface area (Å²) in [6.07, 6.45) is 3.84. The van der Waals surface area contributed by atoms with Crippen molar-refractivity contribution in [1.82, 2.24) is 5.32 Å². The van der Waals surface area contributed by atoms with Crippen LogP contribution in [0, 0.1) is 6.92 Å². The van der Waals surface area contributed by atoms with Gasteiger partial charge >= 0.3 is 0 Å². The summed E-state index contributed by atoms with van der Waals surface area (Å²) in [5.74, 6) is 0.615. The van der Waals surface area contributed by atoms with Crippen LogP contribution in [0.15, 0.2) is 35.7 Å². The van der Waals surface area contributed by atoms with E-state index in [1.165, 1.54) is 29.7 Å². The van der Waals surface area contributed by atoms with Crippen LogP contribution in [0.4, 0.5) is 0 Å². The third-order valence-electron chi connectivity index (χ3n) is 4.24. The van der Waals surface area contributed by atoms with Gasteiger partial charge in [0.1, 0.15) is 0 Å². The first-order valence-corrected chi connectivity index (χ1v) is 7.97. The van der Waals surface area contributed by atoms with Gasteiger partial charge in [-0.05, 0) is 61.4 Å². The van der Waals surface area contributed by atoms with Crippen LogP contribution in [0.25, 0.3) is 0 Å². The van der Waals surface area contributed by atoms with Crippen LogP contribution < -0.4 is 5.32 Å². The molecule has 1 aromatic heterocycles. The van der Waals surface area contributed by atoms with E-state index in [1.807, 2.05) is 11.3 Å². The lowest BCUT2D eigenvalue weighted by atomic mass is 9.77. The maximum absolute atomic E-state index is 3.55. The van der Waals surface area contributed by atoms with Crippen molar-refractivity contribution in [3.05, 3.63) is 57.3 Å². The highest BCUT2D eigenvalue weighted by atomic mass is 32.1. The minimum atomic E-state index is 0.450. The number of nitrogens with one attached hydrogen (secondary N) is 1. The van der Waals surface area contributed by atoms with Gasteiger partial charge in [-0.2, -0.15) is 0 Å². The van der Waals surface area contributed by atoms with E-state index in [9.17, 15) is 0 Å². The highest BCUT2D eigenvalue weighted by Gasteiger charge is 2.28. The Morgan fingerprint density at radius 1 is 1.32 bits per heavy atom. The van der Waals surface area contributed by atoms with E-state index in [0.29, 0.717) is 12.0 Å². The molecule has 0 radical (unpaired) electrons. The molecule has 0 fully saturated rings. The average Bonchev–Trinajstić information content (AvgIpc) is 2.86. The van der Waals surface area contributed by atoms with E-state index >= 15 is 0 Å². The van der Waals surface area contributed by atoms with E-state index in [2.05, 4.69) is 55.0 Å². The Bertz CT molecular complexity index is 558. The van der Waals surface area contributed by atoms with Crippen molar-refractivity contribution in [2.75, 3.05) is 7.05 Å². The normalized spacial score (nSPS) is 20.0. The van der Waals surface area contributed by atoms with Gasteiger partial charge < -0.3 is 5.32 Å². The molecule has 2 aromatic rings. The quantitative estimate of drug-likeness (QED) is 0.870. The van der Waals surface area contributed by atoms with Gasteiger partial charge in [0, 0.05) is 16.8 Å². The van der Waals surface area contributed by atoms with E-state index < -0.39 is 0 Å². The van der Waals surface area contributed by atoms with Crippen LogP contribution in [0.5, 0.6) is 0 Å². The predicted molar refractivity (Wildman–Crippen MR) is 83.0 cm³/mol. The molecule has 1 aliphatic carbocycles. The van der Waals surface area contributed by atoms with Crippen LogP contribution >= 0.6 is 11.3 Å². The summed E-state index contributed by atoms with van der Waals surface area (Å²) in [5.41, 5.74) is 4.55. The largest absolute Gasteiger partial charge is 0.312 e. The van der Waals surface area contributed by atoms with Crippen molar-refractivity contribution >= 4 is 11.3 Å². The minimum absolute atomic E-state index is 0.450. The van der Waals surface area contributed by atoms with E-state index in [4.69, 9.17) is 0 Å². The highest BCUT2D eigenvalue weighted by Crippen LogP contribution is 2.40. The molecule has 0 spiro atoms. The van der Waals surface area contributed by atoms with Gasteiger partial charge in [-0.15, -0.1) is 11.3 Å². The topological polar surface area (TPSA) is 12.0 Å². The fourth-order valence-electron chi connectivity index (χ4n) is 3.36. The first-order valence-electron chi connectivity index (χ1n) is 7.09. The van der Waals surface area contributed by atoms with Gasteiger partial charge in [0.2, 0.25) is 0 Å². The van der Waals surface area contributed by atoms with Gasteiger partial charge in [-0.3, -0.25) is 0 Å². The van der Waals surface area contributed by atoms with E-state index in [1.54, 1.807) is 11.1 Å². The fraction of sp³-hybridized carbons (Fsp3) is 0.412. The first-order chi connectivity index (χ1) is 9.29. The van der Waals surface area contributed by atoms with Crippen LogP contribution in [0.2, 0.25) is 0 Å². The number of thiophene rings is 1. The van der Waals surface area contributed by atoms with Crippen molar-refractivity contribution in [3.8, 4) is 0 Å². The Morgan fingerprint density at radius 2 is 2.16 bits per heavy atom. The number of hydrogen-bond donors (Lipinski definition) is 1. The Morgan fingerprint density at radius 3 is 2.89 bits per heavy atom. The second-order valence-electron chi connectivity index (χ2n) is 5.45. The van der Waals surface area contributed by atoms with Crippen LogP contribution in [-0.2, 0) is 6.42 Å². The Labute approximate surface area is 119 Å². The van der Waals surface area contributed by atoms with E-state index in [-0.39, 0.29) is 0 Å². The summed E-state index contributed by atoms with van der Waals surface area (Å²) in [6, 6.07) is 11.8. The molecule has 0 saturated heterocycles. The molecule has 1 aliphatic rings. The molecule has 0 saturated carbocycles. The Kier molecular flexibility index (Phi) is 3.72. The molecule has 100 valence electrons. The molecule has 2 atom stereocenters. The Hall–Kier alpha value is -1.12. The second kappa shape index (κ2) is 5.48. The van der Waals surface area contributed by atoms with Crippen LogP contribution in [0.1, 0.15) is 46.4 Å². The van der Waals surface area contributed by atoms with Crippen molar-refractivity contribution in [1.29, 1.82) is 0 Å². The number of rotatable bonds is 3. The highest BCUT2D eigenvalue weighted by molar-refractivity contribution is 7.10. The predicted octanol–water partition coefficient (Wildman–Crippen LogP) is 4.44. The van der Waals surface area contributed by atoms with E-state index in [0.717, 1.165) is 0 Å². The molecule has 1 N–H and O–H groups in total. The second-order valence-corrected chi connectivity index (χ2v) is 6.57. The molecule has 1 heterocycles. The number of likely N-dealkylation sites (N-methyl/N-ethyl adjacent to an activating group) is 1. The summed E-state index contributed by atoms with van der Waals surface area (Å²) in [6.45, 7) is 2.19. The zero-order valence-electron chi connectivity index (χ0n) is 11.6. The number of hydrogen-bond acceptors (Lipinski definition) is 2. The molecule has 2 unspecified atom stereocenters. The maximum Gasteiger partial charge on any atom is 0.0395 e. The lowest BCUT2D eigenvalue weighted by Crippen LogP contribution is -2.26. The summed E-state index contributed by atoms with van der Waals surface area (Å²) >= 11 is 1.85. The van der Waals surface area contributed by atoms with Gasteiger partial charge in [0.25, 0.3) is 0 Å². The van der Waals surface area contributed by atoms with Gasteiger partial charge in [0.05, 0.1) is 0 Å². The lowest BCUT2D eigenvalue weighted by molar-refractivity contribution is 0.426. The van der Waals surface area contributed by atoms with Crippen molar-refractivity contribution in [2.45, 2.75) is 38.1 Å². The monoisotopic (exact) mass is 271 g/mol. The van der Waals surface area contributed by atoms with Gasteiger partial charge in [-0.25, -0.2) is 0 Å². The smallest absolute Gasteiger partial charge is 0.0395 e. The third-order valence-corrected chi connectivity index (χ3v) is 5.12. The minimum Gasteiger partial charge on any atom is -0.312 e. The van der Waals surface area contributed by atoms with Crippen molar-refractivity contribution < 1.29 is 0 Å². The molecule has 3 rings (SSSR count). The molecular weight excluding hydrogens is 250 g/mol. The molecule has 2 heteroatoms. The number of fused-ring (bicyclic) bond motifs is 1. The maximum atomic E-state index is 3.55. The van der Waals surface area contributed by atoms with Crippen LogP contribution in [-0.4, -0.2) is 7.05 Å². The standard InChI is InChI=1S/C17H21NS/c1-12-10-14(11-19-12)17(18-2)16-9-5-7-13-6-3-4-8-15(13)16/h3-4,6,8,10-11,16-18H,5,7,9H2,1-2H3. The molecule has 0 aliphatic heterocycles. The summed E-state index contributed by atoms with van der Waals surface area (Å²) in [4.78, 5) is 1.40. The molecule has 1 nitrogen and oxygen atoms in total. The number of aryl methyl sites for hydroxylation is 2. The third kappa shape index (κ3) is 2.47. The molecule has 1 aromatic carbocycles. The lowest BCUT2D eigenvalue weighted by Gasteiger charge is -2.32. The Balaban J connectivity index is 1.97. The molecule has 19 heavy (non-hydrogen) atoms. The van der Waals surface area contributed by atoms with Crippen molar-refractivity contribution in [2.24, 2.45) is 0 Å². The molecular formula is C17H21NS. The summed E-state index contributed by atoms with van der Waals surface area (Å²) in [7, 11) is 2.09. The molecule has 0 bridgehead atoms. The number of benzene rings is 1. The summed E-state index contributed by atoms with van der Waals surface area (Å²) < 4.78 is 0. The molecule has 0 amide bonds. The van der Waals surface area contributed by atoms with Gasteiger partial charge in [-0.1, -0.05) is 24.3 Å². The SMILES string of the molecule is CNC(c1csc(C)c1)C1CCCc2ccccc21. The summed E-state index contributed by atoms with van der Waals surface area (Å²) in [5, 5.41) is 5.86. The van der Waals surface area contributed by atoms with Gasteiger partial charge in [0.15, 0.2) is 0 Å². The zero-order valence-corrected chi connectivity index (χ0v) is 12.5. The van der Waals surface area contributed by atoms with Crippen LogP contribution in [0.3, 0.4) is 0 Å².